The van der Waals surface area contributed by atoms with E-state index in [-0.39, 0.29) is 5.82 Å². The summed E-state index contributed by atoms with van der Waals surface area (Å²) in [6, 6.07) is 13.3. The fourth-order valence-corrected chi connectivity index (χ4v) is 2.95. The van der Waals surface area contributed by atoms with E-state index < -0.39 is 0 Å². The Morgan fingerprint density at radius 3 is 2.45 bits per heavy atom. The van der Waals surface area contributed by atoms with Crippen molar-refractivity contribution >= 4 is 27.5 Å². The molecule has 0 spiro atoms. The summed E-state index contributed by atoms with van der Waals surface area (Å²) >= 11 is 9.33. The summed E-state index contributed by atoms with van der Waals surface area (Å²) in [5.74, 6) is 0.153. The van der Waals surface area contributed by atoms with Gasteiger partial charge < -0.3 is 0 Å². The molecule has 0 aromatic heterocycles. The fraction of sp³-hybridized carbons (Fsp3) is 0.294. The van der Waals surface area contributed by atoms with Crippen LogP contribution in [0.25, 0.3) is 0 Å². The van der Waals surface area contributed by atoms with Crippen LogP contribution >= 0.6 is 27.5 Å². The molecule has 2 aromatic rings. The van der Waals surface area contributed by atoms with Crippen LogP contribution in [0.1, 0.15) is 16.7 Å². The number of alkyl halides is 1. The van der Waals surface area contributed by atoms with Crippen LogP contribution in [0.5, 0.6) is 0 Å². The molecular formula is C17H17BrClF. The number of hydrogen-bond acceptors (Lipinski definition) is 0. The second-order valence-electron chi connectivity index (χ2n) is 5.09. The molecule has 0 heterocycles. The lowest BCUT2D eigenvalue weighted by Crippen LogP contribution is -2.11. The monoisotopic (exact) mass is 354 g/mol. The van der Waals surface area contributed by atoms with E-state index >= 15 is 0 Å². The topological polar surface area (TPSA) is 0 Å². The fourth-order valence-electron chi connectivity index (χ4n) is 2.33. The largest absolute Gasteiger partial charge is 0.207 e. The number of rotatable bonds is 5. The molecule has 0 amide bonds. The molecule has 0 aliphatic carbocycles. The summed E-state index contributed by atoms with van der Waals surface area (Å²) in [6.07, 6.45) is 1.66. The van der Waals surface area contributed by atoms with Crippen LogP contribution < -0.4 is 0 Å². The Morgan fingerprint density at radius 2 is 1.80 bits per heavy atom. The van der Waals surface area contributed by atoms with Crippen LogP contribution in [0.4, 0.5) is 4.39 Å². The number of hydrogen-bond donors (Lipinski definition) is 0. The van der Waals surface area contributed by atoms with Crippen molar-refractivity contribution in [1.82, 2.24) is 0 Å². The van der Waals surface area contributed by atoms with Crippen molar-refractivity contribution in [3.63, 3.8) is 0 Å². The standard InChI is InChI=1S/C17H17BrClF/c1-12-4-2-3-5-14(12)8-13(11-18)9-15-6-7-16(19)10-17(15)20/h2-7,10,13H,8-9,11H2,1H3. The SMILES string of the molecule is Cc1ccccc1CC(CBr)Cc1ccc(Cl)cc1F. The van der Waals surface area contributed by atoms with Gasteiger partial charge in [-0.2, -0.15) is 0 Å². The second-order valence-corrected chi connectivity index (χ2v) is 6.17. The van der Waals surface area contributed by atoms with Crippen molar-refractivity contribution in [2.45, 2.75) is 19.8 Å². The second kappa shape index (κ2) is 7.24. The molecule has 3 heteroatoms. The zero-order valence-corrected chi connectivity index (χ0v) is 13.7. The third-order valence-electron chi connectivity index (χ3n) is 3.51. The third-order valence-corrected chi connectivity index (χ3v) is 4.66. The Hall–Kier alpha value is -0.860. The summed E-state index contributed by atoms with van der Waals surface area (Å²) in [6.45, 7) is 2.11. The van der Waals surface area contributed by atoms with Gasteiger partial charge in [0.1, 0.15) is 5.82 Å². The molecule has 2 rings (SSSR count). The molecule has 0 N–H and O–H groups in total. The molecule has 0 saturated carbocycles. The van der Waals surface area contributed by atoms with E-state index in [1.807, 2.05) is 6.07 Å². The van der Waals surface area contributed by atoms with Gasteiger partial charge in [-0.3, -0.25) is 0 Å². The molecule has 0 saturated heterocycles. The molecule has 106 valence electrons. The van der Waals surface area contributed by atoms with E-state index in [0.29, 0.717) is 17.4 Å². The summed E-state index contributed by atoms with van der Waals surface area (Å²) in [4.78, 5) is 0. The summed E-state index contributed by atoms with van der Waals surface area (Å²) < 4.78 is 13.9. The summed E-state index contributed by atoms with van der Waals surface area (Å²) in [5, 5.41) is 1.30. The number of aryl methyl sites for hydroxylation is 1. The van der Waals surface area contributed by atoms with Crippen molar-refractivity contribution in [3.05, 3.63) is 70.0 Å². The van der Waals surface area contributed by atoms with Crippen LogP contribution in [0.3, 0.4) is 0 Å². The first-order chi connectivity index (χ1) is 9.60. The van der Waals surface area contributed by atoms with Gasteiger partial charge in [-0.1, -0.05) is 57.9 Å². The molecule has 0 fully saturated rings. The van der Waals surface area contributed by atoms with E-state index in [1.54, 1.807) is 12.1 Å². The van der Waals surface area contributed by atoms with Crippen molar-refractivity contribution in [1.29, 1.82) is 0 Å². The van der Waals surface area contributed by atoms with Crippen molar-refractivity contribution < 1.29 is 4.39 Å². The van der Waals surface area contributed by atoms with Gasteiger partial charge in [0.25, 0.3) is 0 Å². The Labute approximate surface area is 133 Å². The Balaban J connectivity index is 2.11. The number of benzene rings is 2. The smallest absolute Gasteiger partial charge is 0.127 e. The zero-order chi connectivity index (χ0) is 14.5. The van der Waals surface area contributed by atoms with Crippen LogP contribution in [-0.4, -0.2) is 5.33 Å². The van der Waals surface area contributed by atoms with Crippen molar-refractivity contribution in [2.24, 2.45) is 5.92 Å². The number of halogens is 3. The highest BCUT2D eigenvalue weighted by molar-refractivity contribution is 9.09. The summed E-state index contributed by atoms with van der Waals surface area (Å²) in [5.41, 5.74) is 3.34. The Morgan fingerprint density at radius 1 is 1.10 bits per heavy atom. The molecule has 1 atom stereocenters. The maximum Gasteiger partial charge on any atom is 0.127 e. The van der Waals surface area contributed by atoms with Gasteiger partial charge in [0.2, 0.25) is 0 Å². The quantitative estimate of drug-likeness (QED) is 0.614. The van der Waals surface area contributed by atoms with Gasteiger partial charge in [0.15, 0.2) is 0 Å². The first-order valence-electron chi connectivity index (χ1n) is 6.64. The predicted molar refractivity (Wildman–Crippen MR) is 87.3 cm³/mol. The first kappa shape index (κ1) is 15.5. The van der Waals surface area contributed by atoms with Crippen molar-refractivity contribution in [2.75, 3.05) is 5.33 Å². The molecule has 0 aliphatic heterocycles. The molecule has 0 aliphatic rings. The highest BCUT2D eigenvalue weighted by Gasteiger charge is 2.13. The molecule has 0 bridgehead atoms. The van der Waals surface area contributed by atoms with Crippen LogP contribution in [0.15, 0.2) is 42.5 Å². The molecule has 1 unspecified atom stereocenters. The third kappa shape index (κ3) is 4.07. The zero-order valence-electron chi connectivity index (χ0n) is 11.4. The Bertz CT molecular complexity index is 583. The molecule has 20 heavy (non-hydrogen) atoms. The average molecular weight is 356 g/mol. The molecule has 0 radical (unpaired) electrons. The van der Waals surface area contributed by atoms with Crippen molar-refractivity contribution in [3.8, 4) is 0 Å². The summed E-state index contributed by atoms with van der Waals surface area (Å²) in [7, 11) is 0. The maximum absolute atomic E-state index is 13.9. The van der Waals surface area contributed by atoms with E-state index in [9.17, 15) is 4.39 Å². The van der Waals surface area contributed by atoms with E-state index in [2.05, 4.69) is 41.1 Å². The van der Waals surface area contributed by atoms with Crippen LogP contribution in [-0.2, 0) is 12.8 Å². The molecule has 2 aromatic carbocycles. The minimum atomic E-state index is -0.215. The minimum absolute atomic E-state index is 0.215. The van der Waals surface area contributed by atoms with Gasteiger partial charge in [0.05, 0.1) is 0 Å². The van der Waals surface area contributed by atoms with Crippen LogP contribution in [0.2, 0.25) is 5.02 Å². The van der Waals surface area contributed by atoms with Gasteiger partial charge in [-0.25, -0.2) is 4.39 Å². The van der Waals surface area contributed by atoms with Gasteiger partial charge >= 0.3 is 0 Å². The maximum atomic E-state index is 13.9. The van der Waals surface area contributed by atoms with E-state index in [1.165, 1.54) is 17.2 Å². The highest BCUT2D eigenvalue weighted by Crippen LogP contribution is 2.22. The normalized spacial score (nSPS) is 12.4. The minimum Gasteiger partial charge on any atom is -0.207 e. The van der Waals surface area contributed by atoms with Gasteiger partial charge in [-0.15, -0.1) is 0 Å². The average Bonchev–Trinajstić information content (AvgIpc) is 2.43. The van der Waals surface area contributed by atoms with E-state index in [0.717, 1.165) is 17.3 Å². The Kier molecular flexibility index (Phi) is 5.62. The van der Waals surface area contributed by atoms with E-state index in [4.69, 9.17) is 11.6 Å². The van der Waals surface area contributed by atoms with Gasteiger partial charge in [-0.05, 0) is 54.5 Å². The van der Waals surface area contributed by atoms with Gasteiger partial charge in [0, 0.05) is 10.4 Å². The lowest BCUT2D eigenvalue weighted by atomic mass is 9.92. The molecule has 0 nitrogen and oxygen atoms in total. The lowest BCUT2D eigenvalue weighted by molar-refractivity contribution is 0.549. The molecular weight excluding hydrogens is 339 g/mol. The first-order valence-corrected chi connectivity index (χ1v) is 8.14. The lowest BCUT2D eigenvalue weighted by Gasteiger charge is -2.16. The van der Waals surface area contributed by atoms with Crippen LogP contribution in [0, 0.1) is 18.7 Å². The highest BCUT2D eigenvalue weighted by atomic mass is 79.9. The predicted octanol–water partition coefficient (Wildman–Crippen LogP) is 5.58.